The van der Waals surface area contributed by atoms with Gasteiger partial charge in [0.2, 0.25) is 0 Å². The number of nitrogens with two attached hydrogens (primary N) is 1. The van der Waals surface area contributed by atoms with Gasteiger partial charge in [0.1, 0.15) is 17.4 Å². The molecule has 0 saturated carbocycles. The van der Waals surface area contributed by atoms with Crippen LogP contribution in [0.1, 0.15) is 32.2 Å². The molecule has 0 fully saturated rings. The van der Waals surface area contributed by atoms with Crippen LogP contribution < -0.4 is 20.1 Å². The second kappa shape index (κ2) is 18.3. The molecule has 0 amide bonds. The number of aromatic amines is 1. The number of nitrogen functional groups attached to an aromatic ring is 1. The van der Waals surface area contributed by atoms with E-state index in [1.54, 1.807) is 59.6 Å². The molecule has 13 nitrogen and oxygen atoms in total. The lowest BCUT2D eigenvalue weighted by Gasteiger charge is -2.26. The molecule has 294 valence electrons. The molecule has 0 unspecified atom stereocenters. The molecule has 21 heteroatoms. The van der Waals surface area contributed by atoms with Crippen molar-refractivity contribution in [1.82, 2.24) is 9.97 Å². The minimum Gasteiger partial charge on any atom is -0.494 e. The molecule has 0 aliphatic rings. The van der Waals surface area contributed by atoms with Crippen molar-refractivity contribution in [3.63, 3.8) is 0 Å². The summed E-state index contributed by atoms with van der Waals surface area (Å²) in [7, 11) is -3.39. The number of anilines is 2. The summed E-state index contributed by atoms with van der Waals surface area (Å²) in [5, 5.41) is 22.0. The molecule has 0 aliphatic heterocycles. The smallest absolute Gasteiger partial charge is 0.490 e. The van der Waals surface area contributed by atoms with E-state index in [-0.39, 0.29) is 34.8 Å². The van der Waals surface area contributed by atoms with E-state index in [4.69, 9.17) is 40.4 Å². The number of carboxylic acid groups (broad SMARTS) is 2. The van der Waals surface area contributed by atoms with Crippen LogP contribution in [0.4, 0.5) is 42.1 Å². The number of rotatable bonds is 11. The lowest BCUT2D eigenvalue weighted by Crippen LogP contribution is -2.21. The molecule has 3 aromatic carbocycles. The van der Waals surface area contributed by atoms with Gasteiger partial charge in [-0.2, -0.15) is 26.3 Å². The van der Waals surface area contributed by atoms with Crippen molar-refractivity contribution in [2.45, 2.75) is 50.7 Å². The van der Waals surface area contributed by atoms with E-state index in [0.29, 0.717) is 40.7 Å². The molecule has 0 spiro atoms. The van der Waals surface area contributed by atoms with Gasteiger partial charge >= 0.3 is 24.3 Å². The van der Waals surface area contributed by atoms with E-state index in [1.165, 1.54) is 12.1 Å². The fourth-order valence-electron chi connectivity index (χ4n) is 4.11. The van der Waals surface area contributed by atoms with Crippen molar-refractivity contribution in [2.75, 3.05) is 17.8 Å². The standard InChI is InChI=1S/C29H32FN5O4S.2C2HF3O2/c1-5-38-22-14-25(28(30)26(15-22)39-18(2)3)35(21-11-9-19(10-12-21)29(31)32)17-27-33-16-24(34-27)20-7-6-8-23(13-20)40(4,36)37;2*3-2(4,5)1(6)7/h6-16,18H,5,17H2,1-4H3,(H3,31,32)(H,33,34);2*(H,6,7). The fraction of sp³-hybridized carbons (Fsp3) is 0.273. The lowest BCUT2D eigenvalue weighted by molar-refractivity contribution is -0.193. The number of H-pyrrole nitrogens is 1. The molecule has 0 atom stereocenters. The fourth-order valence-corrected chi connectivity index (χ4v) is 4.78. The first-order chi connectivity index (χ1) is 24.8. The van der Waals surface area contributed by atoms with Crippen LogP contribution in [0.2, 0.25) is 0 Å². The Morgan fingerprint density at radius 2 is 1.54 bits per heavy atom. The SMILES string of the molecule is CCOc1cc(OC(C)C)c(F)c(N(Cc2ncc(-c3cccc(S(C)(=O)=O)c3)[nH]2)c2ccc(C(=N)N)cc2)c1.O=C(O)C(F)(F)F.O=C(O)C(F)(F)F. The Morgan fingerprint density at radius 1 is 0.981 bits per heavy atom. The Labute approximate surface area is 303 Å². The Kier molecular flexibility index (Phi) is 15.0. The van der Waals surface area contributed by atoms with E-state index in [1.807, 2.05) is 20.8 Å². The Hall–Kier alpha value is -5.86. The number of carboxylic acids is 2. The summed E-state index contributed by atoms with van der Waals surface area (Å²) in [5.41, 5.74) is 8.25. The maximum Gasteiger partial charge on any atom is 0.490 e. The summed E-state index contributed by atoms with van der Waals surface area (Å²) in [4.78, 5) is 27.4. The summed E-state index contributed by atoms with van der Waals surface area (Å²) in [6.07, 6.45) is -7.67. The van der Waals surface area contributed by atoms with Crippen LogP contribution >= 0.6 is 0 Å². The summed E-state index contributed by atoms with van der Waals surface area (Å²) in [6.45, 7) is 5.97. The third-order valence-corrected chi connectivity index (χ3v) is 7.55. The van der Waals surface area contributed by atoms with Crippen molar-refractivity contribution in [3.05, 3.63) is 84.1 Å². The van der Waals surface area contributed by atoms with Crippen LogP contribution in [0.25, 0.3) is 11.3 Å². The van der Waals surface area contributed by atoms with Gasteiger partial charge in [-0.3, -0.25) is 5.41 Å². The van der Waals surface area contributed by atoms with Crippen LogP contribution in [0.3, 0.4) is 0 Å². The number of carbonyl (C=O) groups is 2. The maximum absolute atomic E-state index is 16.0. The first-order valence-electron chi connectivity index (χ1n) is 15.1. The number of alkyl halides is 6. The van der Waals surface area contributed by atoms with Gasteiger partial charge in [-0.25, -0.2) is 27.4 Å². The van der Waals surface area contributed by atoms with Crippen molar-refractivity contribution < 1.29 is 68.4 Å². The minimum atomic E-state index is -5.08. The predicted octanol–water partition coefficient (Wildman–Crippen LogP) is 6.69. The number of aliphatic carboxylic acids is 2. The van der Waals surface area contributed by atoms with E-state index in [2.05, 4.69) is 9.97 Å². The number of hydrogen-bond acceptors (Lipinski definition) is 9. The highest BCUT2D eigenvalue weighted by Gasteiger charge is 2.39. The van der Waals surface area contributed by atoms with E-state index < -0.39 is 39.9 Å². The molecule has 4 rings (SSSR count). The molecule has 54 heavy (non-hydrogen) atoms. The number of ether oxygens (including phenoxy) is 2. The Balaban J connectivity index is 0.000000610. The first kappa shape index (κ1) is 44.3. The minimum absolute atomic E-state index is 0.0547. The topological polar surface area (TPSA) is 209 Å². The highest BCUT2D eigenvalue weighted by molar-refractivity contribution is 7.90. The number of nitrogens with zero attached hydrogens (tertiary/aromatic N) is 2. The summed E-state index contributed by atoms with van der Waals surface area (Å²) >= 11 is 0. The van der Waals surface area contributed by atoms with E-state index >= 15 is 4.39 Å². The molecular weight excluding hydrogens is 759 g/mol. The third kappa shape index (κ3) is 13.3. The van der Waals surface area contributed by atoms with E-state index in [0.717, 1.165) is 6.26 Å². The van der Waals surface area contributed by atoms with Gasteiger partial charge in [0.25, 0.3) is 0 Å². The van der Waals surface area contributed by atoms with Crippen LogP contribution in [-0.4, -0.2) is 77.7 Å². The molecule has 0 bridgehead atoms. The van der Waals surface area contributed by atoms with Gasteiger partial charge in [0, 0.05) is 35.2 Å². The summed E-state index contributed by atoms with van der Waals surface area (Å²) < 4.78 is 115. The second-order valence-electron chi connectivity index (χ2n) is 11.1. The molecule has 0 radical (unpaired) electrons. The number of hydrogen-bond donors (Lipinski definition) is 5. The van der Waals surface area contributed by atoms with Gasteiger partial charge in [0.15, 0.2) is 21.4 Å². The van der Waals surface area contributed by atoms with Crippen LogP contribution in [0.15, 0.2) is 71.8 Å². The van der Waals surface area contributed by atoms with Crippen molar-refractivity contribution in [1.29, 1.82) is 5.41 Å². The number of benzene rings is 3. The molecule has 6 N–H and O–H groups in total. The number of nitrogens with one attached hydrogen (secondary N) is 2. The molecule has 4 aromatic rings. The van der Waals surface area contributed by atoms with E-state index in [9.17, 15) is 34.8 Å². The number of amidine groups is 1. The molecule has 0 aliphatic carbocycles. The number of halogens is 7. The highest BCUT2D eigenvalue weighted by Crippen LogP contribution is 2.38. The average molecular weight is 794 g/mol. The van der Waals surface area contributed by atoms with Crippen LogP contribution in [-0.2, 0) is 26.0 Å². The zero-order chi connectivity index (χ0) is 41.2. The Bertz CT molecular complexity index is 2010. The van der Waals surface area contributed by atoms with Crippen molar-refractivity contribution >= 4 is 39.0 Å². The summed E-state index contributed by atoms with van der Waals surface area (Å²) in [6, 6.07) is 16.5. The molecule has 1 aromatic heterocycles. The molecule has 0 saturated heterocycles. The van der Waals surface area contributed by atoms with Gasteiger partial charge in [-0.05, 0) is 57.2 Å². The third-order valence-electron chi connectivity index (χ3n) is 6.44. The second-order valence-corrected chi connectivity index (χ2v) is 13.1. The number of imidazole rings is 1. The normalized spacial score (nSPS) is 11.4. The zero-order valence-electron chi connectivity index (χ0n) is 28.7. The van der Waals surface area contributed by atoms with Gasteiger partial charge in [-0.1, -0.05) is 12.1 Å². The lowest BCUT2D eigenvalue weighted by atomic mass is 10.1. The quantitative estimate of drug-likeness (QED) is 0.0614. The maximum atomic E-state index is 16.0. The molecule has 1 heterocycles. The number of aromatic nitrogens is 2. The average Bonchev–Trinajstić information content (AvgIpc) is 3.53. The molecular formula is C33H34F7N5O8S. The highest BCUT2D eigenvalue weighted by atomic mass is 32.2. The number of sulfone groups is 1. The van der Waals surface area contributed by atoms with Crippen molar-refractivity contribution in [2.24, 2.45) is 5.73 Å². The monoisotopic (exact) mass is 793 g/mol. The largest absolute Gasteiger partial charge is 0.494 e. The zero-order valence-corrected chi connectivity index (χ0v) is 29.5. The first-order valence-corrected chi connectivity index (χ1v) is 17.0. The van der Waals surface area contributed by atoms with Crippen LogP contribution in [0, 0.1) is 11.2 Å². The van der Waals surface area contributed by atoms with Gasteiger partial charge in [0.05, 0.1) is 41.7 Å². The predicted molar refractivity (Wildman–Crippen MR) is 181 cm³/mol. The van der Waals surface area contributed by atoms with Crippen LogP contribution in [0.5, 0.6) is 11.5 Å². The van der Waals surface area contributed by atoms with Crippen molar-refractivity contribution in [3.8, 4) is 22.8 Å². The van der Waals surface area contributed by atoms with Gasteiger partial charge < -0.3 is 35.3 Å². The Morgan fingerprint density at radius 3 is 2.00 bits per heavy atom. The summed E-state index contributed by atoms with van der Waals surface area (Å²) in [5.74, 6) is -5.16. The van der Waals surface area contributed by atoms with Gasteiger partial charge in [-0.15, -0.1) is 0 Å².